The molecule has 29 heavy (non-hydrogen) atoms. The molecule has 1 aliphatic rings. The first-order valence-electron chi connectivity index (χ1n) is 9.60. The van der Waals surface area contributed by atoms with Gasteiger partial charge in [0.05, 0.1) is 11.2 Å². The van der Waals surface area contributed by atoms with Gasteiger partial charge in [-0.2, -0.15) is 0 Å². The van der Waals surface area contributed by atoms with Crippen molar-refractivity contribution in [1.29, 1.82) is 0 Å². The summed E-state index contributed by atoms with van der Waals surface area (Å²) in [5.41, 5.74) is 9.92. The normalized spacial score (nSPS) is 11.6. The van der Waals surface area contributed by atoms with Crippen LogP contribution in [0.2, 0.25) is 0 Å². The van der Waals surface area contributed by atoms with Crippen molar-refractivity contribution in [3.8, 4) is 44.6 Å². The van der Waals surface area contributed by atoms with Crippen molar-refractivity contribution in [2.45, 2.75) is 0 Å². The predicted molar refractivity (Wildman–Crippen MR) is 118 cm³/mol. The summed E-state index contributed by atoms with van der Waals surface area (Å²) in [6, 6.07) is 29.1. The number of para-hydroxylation sites is 1. The number of nitrogens with zero attached hydrogens (tertiary/aromatic N) is 1. The van der Waals surface area contributed by atoms with E-state index < -0.39 is 0 Å². The minimum Gasteiger partial charge on any atom is -0.328 e. The van der Waals surface area contributed by atoms with Crippen LogP contribution in [0.1, 0.15) is 0 Å². The summed E-state index contributed by atoms with van der Waals surface area (Å²) in [7, 11) is 0. The van der Waals surface area contributed by atoms with Crippen molar-refractivity contribution in [2.24, 2.45) is 0 Å². The molecule has 6 rings (SSSR count). The zero-order valence-corrected chi connectivity index (χ0v) is 15.5. The fraction of sp³-hybridized carbons (Fsp3) is 0. The molecule has 0 saturated carbocycles. The Labute approximate surface area is 167 Å². The molecule has 136 valence electrons. The second kappa shape index (κ2) is 6.01. The zero-order valence-electron chi connectivity index (χ0n) is 15.5. The van der Waals surface area contributed by atoms with Gasteiger partial charge in [0.15, 0.2) is 0 Å². The molecular formula is C26H16N2O. The Hall–Kier alpha value is -3.98. The third-order valence-corrected chi connectivity index (χ3v) is 5.64. The van der Waals surface area contributed by atoms with E-state index >= 15 is 0 Å². The van der Waals surface area contributed by atoms with Crippen molar-refractivity contribution in [1.82, 2.24) is 9.97 Å². The van der Waals surface area contributed by atoms with Gasteiger partial charge in [-0.1, -0.05) is 60.7 Å². The lowest BCUT2D eigenvalue weighted by Crippen LogP contribution is -2.01. The number of fused-ring (bicyclic) bond motifs is 5. The van der Waals surface area contributed by atoms with E-state index in [1.54, 1.807) is 12.3 Å². The molecule has 1 N–H and O–H groups in total. The number of benzene rings is 3. The molecule has 2 aromatic heterocycles. The van der Waals surface area contributed by atoms with Crippen LogP contribution in [0.3, 0.4) is 0 Å². The van der Waals surface area contributed by atoms with E-state index in [0.29, 0.717) is 0 Å². The number of aromatic nitrogens is 2. The van der Waals surface area contributed by atoms with Gasteiger partial charge in [-0.15, -0.1) is 0 Å². The van der Waals surface area contributed by atoms with Gasteiger partial charge < -0.3 is 4.98 Å². The van der Waals surface area contributed by atoms with Gasteiger partial charge in [0.25, 0.3) is 0 Å². The molecule has 0 radical (unpaired) electrons. The molecule has 3 aromatic carbocycles. The highest BCUT2D eigenvalue weighted by atomic mass is 16.1. The highest BCUT2D eigenvalue weighted by Crippen LogP contribution is 2.41. The van der Waals surface area contributed by atoms with Crippen LogP contribution in [0.5, 0.6) is 0 Å². The monoisotopic (exact) mass is 372 g/mol. The Morgan fingerprint density at radius 1 is 0.621 bits per heavy atom. The number of H-pyrrole nitrogens is 1. The molecule has 0 fully saturated rings. The second-order valence-electron chi connectivity index (χ2n) is 7.35. The van der Waals surface area contributed by atoms with Crippen molar-refractivity contribution in [2.75, 3.05) is 0 Å². The molecular weight excluding hydrogens is 356 g/mol. The van der Waals surface area contributed by atoms with E-state index in [1.165, 1.54) is 16.7 Å². The van der Waals surface area contributed by atoms with Crippen LogP contribution in [0.25, 0.3) is 55.5 Å². The highest BCUT2D eigenvalue weighted by molar-refractivity contribution is 6.01. The van der Waals surface area contributed by atoms with Gasteiger partial charge in [0.1, 0.15) is 0 Å². The number of aromatic amines is 1. The lowest BCUT2D eigenvalue weighted by atomic mass is 9.91. The van der Waals surface area contributed by atoms with Gasteiger partial charge in [-0.25, -0.2) is 4.98 Å². The summed E-state index contributed by atoms with van der Waals surface area (Å²) in [4.78, 5) is 18.9. The number of hydrogen-bond donors (Lipinski definition) is 1. The largest absolute Gasteiger partial charge is 0.328 e. The topological polar surface area (TPSA) is 45.8 Å². The smallest absolute Gasteiger partial charge is 0.247 e. The quantitative estimate of drug-likeness (QED) is 0.411. The minimum atomic E-state index is -0.0907. The van der Waals surface area contributed by atoms with E-state index in [0.717, 1.165) is 38.9 Å². The molecule has 0 spiro atoms. The van der Waals surface area contributed by atoms with E-state index in [4.69, 9.17) is 4.98 Å². The minimum absolute atomic E-state index is 0.0907. The Morgan fingerprint density at radius 2 is 1.41 bits per heavy atom. The van der Waals surface area contributed by atoms with Crippen LogP contribution in [-0.2, 0) is 0 Å². The molecule has 0 unspecified atom stereocenters. The standard InChI is InChI=1S/C26H16N2O/c29-25-13-10-20(15-27-25)16-4-6-17(7-5-16)21-11-8-19-14-23(21)22-3-1-2-18-9-12-24(19)28-26(18)22/h1-15H,(H,27,29). The molecule has 3 heteroatoms. The summed E-state index contributed by atoms with van der Waals surface area (Å²) in [5.74, 6) is 0. The van der Waals surface area contributed by atoms with Crippen LogP contribution < -0.4 is 5.56 Å². The summed E-state index contributed by atoms with van der Waals surface area (Å²) < 4.78 is 0. The van der Waals surface area contributed by atoms with Gasteiger partial charge in [-0.05, 0) is 46.0 Å². The number of hydrogen-bond acceptors (Lipinski definition) is 2. The van der Waals surface area contributed by atoms with Gasteiger partial charge >= 0.3 is 0 Å². The van der Waals surface area contributed by atoms with Crippen LogP contribution in [0, 0.1) is 0 Å². The number of pyridine rings is 2. The maximum absolute atomic E-state index is 11.3. The summed E-state index contributed by atoms with van der Waals surface area (Å²) >= 11 is 0. The molecule has 1 aliphatic heterocycles. The van der Waals surface area contributed by atoms with Crippen molar-refractivity contribution in [3.05, 3.63) is 101 Å². The maximum Gasteiger partial charge on any atom is 0.247 e. The first kappa shape index (κ1) is 16.0. The molecule has 3 heterocycles. The first-order valence-corrected chi connectivity index (χ1v) is 9.60. The SMILES string of the molecule is O=c1ccc(-c2ccc(-c3ccc4cc3-c3cccc5ccc-4nc35)cc2)c[nH]1. The van der Waals surface area contributed by atoms with Crippen LogP contribution in [0.15, 0.2) is 95.9 Å². The average Bonchev–Trinajstić information content (AvgIpc) is 2.89. The van der Waals surface area contributed by atoms with E-state index in [2.05, 4.69) is 77.8 Å². The van der Waals surface area contributed by atoms with Crippen molar-refractivity contribution >= 4 is 10.9 Å². The molecule has 0 atom stereocenters. The molecule has 0 amide bonds. The third-order valence-electron chi connectivity index (χ3n) is 5.64. The van der Waals surface area contributed by atoms with E-state index in [1.807, 2.05) is 6.07 Å². The predicted octanol–water partition coefficient (Wildman–Crippen LogP) is 5.90. The van der Waals surface area contributed by atoms with Crippen molar-refractivity contribution < 1.29 is 0 Å². The molecule has 4 bridgehead atoms. The van der Waals surface area contributed by atoms with Crippen molar-refractivity contribution in [3.63, 3.8) is 0 Å². The zero-order chi connectivity index (χ0) is 19.4. The van der Waals surface area contributed by atoms with Gasteiger partial charge in [0, 0.05) is 28.8 Å². The summed E-state index contributed by atoms with van der Waals surface area (Å²) in [6.07, 6.45) is 1.75. The molecule has 5 aromatic rings. The summed E-state index contributed by atoms with van der Waals surface area (Å²) in [5, 5.41) is 1.16. The maximum atomic E-state index is 11.3. The molecule has 0 saturated heterocycles. The lowest BCUT2D eigenvalue weighted by molar-refractivity contribution is 1.24. The third kappa shape index (κ3) is 2.52. The number of rotatable bonds is 2. The Bertz CT molecular complexity index is 1440. The van der Waals surface area contributed by atoms with Crippen LogP contribution in [-0.4, -0.2) is 9.97 Å². The van der Waals surface area contributed by atoms with Crippen LogP contribution >= 0.6 is 0 Å². The van der Waals surface area contributed by atoms with Crippen LogP contribution in [0.4, 0.5) is 0 Å². The molecule has 0 aliphatic carbocycles. The fourth-order valence-corrected chi connectivity index (χ4v) is 4.14. The Kier molecular flexibility index (Phi) is 3.32. The Morgan fingerprint density at radius 3 is 2.24 bits per heavy atom. The van der Waals surface area contributed by atoms with E-state index in [9.17, 15) is 4.79 Å². The average molecular weight is 372 g/mol. The second-order valence-corrected chi connectivity index (χ2v) is 7.35. The molecule has 3 nitrogen and oxygen atoms in total. The Balaban J connectivity index is 1.51. The highest BCUT2D eigenvalue weighted by Gasteiger charge is 2.17. The fourth-order valence-electron chi connectivity index (χ4n) is 4.14. The lowest BCUT2D eigenvalue weighted by Gasteiger charge is -2.12. The summed E-state index contributed by atoms with van der Waals surface area (Å²) in [6.45, 7) is 0. The number of nitrogens with one attached hydrogen (secondary N) is 1. The first-order chi connectivity index (χ1) is 14.3. The van der Waals surface area contributed by atoms with Gasteiger partial charge in [-0.3, -0.25) is 4.79 Å². The van der Waals surface area contributed by atoms with Gasteiger partial charge in [0.2, 0.25) is 5.56 Å². The van der Waals surface area contributed by atoms with E-state index in [-0.39, 0.29) is 5.56 Å².